The number of nitrogens with zero attached hydrogens (tertiary/aromatic N) is 1. The normalized spacial score (nSPS) is 17.1. The van der Waals surface area contributed by atoms with Crippen LogP contribution in [0.1, 0.15) is 31.2 Å². The highest BCUT2D eigenvalue weighted by atomic mass is 19.1. The van der Waals surface area contributed by atoms with Crippen molar-refractivity contribution in [3.8, 4) is 0 Å². The number of guanidine groups is 1. The standard InChI is InChI=1S/C14H20FN3/c15-13-8-4-1-5-11(13)9-10-17-14(16)18-12-6-2-3-7-12/h1,4-5,8,12H,2-3,6-7,9-10H2,(H3,16,17,18). The summed E-state index contributed by atoms with van der Waals surface area (Å²) in [4.78, 5) is 4.24. The van der Waals surface area contributed by atoms with Crippen molar-refractivity contribution in [3.63, 3.8) is 0 Å². The lowest BCUT2D eigenvalue weighted by Gasteiger charge is -2.12. The van der Waals surface area contributed by atoms with Crippen molar-refractivity contribution in [1.82, 2.24) is 5.32 Å². The summed E-state index contributed by atoms with van der Waals surface area (Å²) in [6.07, 6.45) is 5.45. The van der Waals surface area contributed by atoms with E-state index >= 15 is 0 Å². The third kappa shape index (κ3) is 3.72. The molecule has 0 unspecified atom stereocenters. The van der Waals surface area contributed by atoms with Gasteiger partial charge in [0, 0.05) is 12.6 Å². The summed E-state index contributed by atoms with van der Waals surface area (Å²) in [5.41, 5.74) is 6.49. The van der Waals surface area contributed by atoms with Crippen molar-refractivity contribution in [2.24, 2.45) is 10.7 Å². The van der Waals surface area contributed by atoms with Crippen LogP contribution in [0.25, 0.3) is 0 Å². The van der Waals surface area contributed by atoms with Crippen molar-refractivity contribution in [1.29, 1.82) is 0 Å². The molecule has 1 saturated carbocycles. The molecule has 3 N–H and O–H groups in total. The van der Waals surface area contributed by atoms with Gasteiger partial charge >= 0.3 is 0 Å². The number of aliphatic imine (C=N–C) groups is 1. The van der Waals surface area contributed by atoms with Gasteiger partial charge in [0.1, 0.15) is 5.82 Å². The minimum absolute atomic E-state index is 0.171. The van der Waals surface area contributed by atoms with Gasteiger partial charge in [-0.05, 0) is 30.9 Å². The Kier molecular flexibility index (Phi) is 4.56. The van der Waals surface area contributed by atoms with Crippen LogP contribution in [0.15, 0.2) is 29.3 Å². The molecule has 0 aliphatic heterocycles. The van der Waals surface area contributed by atoms with Gasteiger partial charge in [-0.2, -0.15) is 0 Å². The van der Waals surface area contributed by atoms with Crippen molar-refractivity contribution in [2.75, 3.05) is 6.54 Å². The largest absolute Gasteiger partial charge is 0.370 e. The molecule has 1 aliphatic rings. The Morgan fingerprint density at radius 3 is 2.78 bits per heavy atom. The van der Waals surface area contributed by atoms with E-state index in [1.54, 1.807) is 12.1 Å². The van der Waals surface area contributed by atoms with Gasteiger partial charge in [-0.1, -0.05) is 31.0 Å². The maximum Gasteiger partial charge on any atom is 0.188 e. The highest BCUT2D eigenvalue weighted by Crippen LogP contribution is 2.17. The first-order valence-corrected chi connectivity index (χ1v) is 6.55. The topological polar surface area (TPSA) is 50.4 Å². The fourth-order valence-corrected chi connectivity index (χ4v) is 2.32. The molecule has 18 heavy (non-hydrogen) atoms. The van der Waals surface area contributed by atoms with Crippen LogP contribution in [0.5, 0.6) is 0 Å². The third-order valence-electron chi connectivity index (χ3n) is 3.33. The molecular formula is C14H20FN3. The van der Waals surface area contributed by atoms with Gasteiger partial charge in [0.15, 0.2) is 5.96 Å². The van der Waals surface area contributed by atoms with Crippen molar-refractivity contribution in [3.05, 3.63) is 35.6 Å². The Hall–Kier alpha value is -1.58. The fraction of sp³-hybridized carbons (Fsp3) is 0.500. The second kappa shape index (κ2) is 6.38. The second-order valence-corrected chi connectivity index (χ2v) is 4.73. The molecule has 0 heterocycles. The number of nitrogens with two attached hydrogens (primary N) is 1. The number of halogens is 1. The molecule has 98 valence electrons. The highest BCUT2D eigenvalue weighted by molar-refractivity contribution is 5.78. The summed E-state index contributed by atoms with van der Waals surface area (Å²) in [5, 5.41) is 3.21. The minimum Gasteiger partial charge on any atom is -0.370 e. The van der Waals surface area contributed by atoms with Crippen LogP contribution in [-0.2, 0) is 6.42 Å². The van der Waals surface area contributed by atoms with Crippen LogP contribution in [0.3, 0.4) is 0 Å². The maximum absolute atomic E-state index is 13.3. The molecule has 2 rings (SSSR count). The SMILES string of the molecule is NC(=NCCc1ccccc1F)NC1CCCC1. The van der Waals surface area contributed by atoms with E-state index in [1.165, 1.54) is 31.7 Å². The summed E-state index contributed by atoms with van der Waals surface area (Å²) >= 11 is 0. The van der Waals surface area contributed by atoms with Gasteiger partial charge in [0.05, 0.1) is 0 Å². The zero-order chi connectivity index (χ0) is 12.8. The van der Waals surface area contributed by atoms with E-state index in [2.05, 4.69) is 10.3 Å². The zero-order valence-corrected chi connectivity index (χ0v) is 10.5. The van der Waals surface area contributed by atoms with Crippen LogP contribution < -0.4 is 11.1 Å². The Balaban J connectivity index is 1.78. The number of nitrogens with one attached hydrogen (secondary N) is 1. The Morgan fingerprint density at radius 2 is 2.06 bits per heavy atom. The first-order chi connectivity index (χ1) is 8.75. The summed E-state index contributed by atoms with van der Waals surface area (Å²) in [6.45, 7) is 0.520. The summed E-state index contributed by atoms with van der Waals surface area (Å²) in [7, 11) is 0. The average molecular weight is 249 g/mol. The predicted octanol–water partition coefficient (Wildman–Crippen LogP) is 2.22. The minimum atomic E-state index is -0.171. The molecule has 0 atom stereocenters. The highest BCUT2D eigenvalue weighted by Gasteiger charge is 2.14. The van der Waals surface area contributed by atoms with Crippen molar-refractivity contribution in [2.45, 2.75) is 38.1 Å². The van der Waals surface area contributed by atoms with Crippen LogP contribution in [0.4, 0.5) is 4.39 Å². The van der Waals surface area contributed by atoms with E-state index in [0.717, 1.165) is 0 Å². The molecule has 0 amide bonds. The van der Waals surface area contributed by atoms with Gasteiger partial charge in [-0.3, -0.25) is 4.99 Å². The van der Waals surface area contributed by atoms with Crippen LogP contribution >= 0.6 is 0 Å². The number of hydrogen-bond acceptors (Lipinski definition) is 1. The molecule has 1 fully saturated rings. The van der Waals surface area contributed by atoms with Gasteiger partial charge < -0.3 is 11.1 Å². The van der Waals surface area contributed by atoms with Gasteiger partial charge in [0.2, 0.25) is 0 Å². The summed E-state index contributed by atoms with van der Waals surface area (Å²) in [5.74, 6) is 0.313. The Morgan fingerprint density at radius 1 is 1.33 bits per heavy atom. The van der Waals surface area contributed by atoms with E-state index < -0.39 is 0 Å². The molecule has 1 aliphatic carbocycles. The molecular weight excluding hydrogens is 229 g/mol. The van der Waals surface area contributed by atoms with E-state index in [-0.39, 0.29) is 5.82 Å². The van der Waals surface area contributed by atoms with Gasteiger partial charge in [-0.25, -0.2) is 4.39 Å². The lowest BCUT2D eigenvalue weighted by atomic mass is 10.1. The van der Waals surface area contributed by atoms with E-state index in [9.17, 15) is 4.39 Å². The smallest absolute Gasteiger partial charge is 0.188 e. The molecule has 0 bridgehead atoms. The second-order valence-electron chi connectivity index (χ2n) is 4.73. The summed E-state index contributed by atoms with van der Waals surface area (Å²) in [6, 6.07) is 7.26. The van der Waals surface area contributed by atoms with Crippen LogP contribution in [0, 0.1) is 5.82 Å². The molecule has 1 aromatic carbocycles. The van der Waals surface area contributed by atoms with Crippen molar-refractivity contribution >= 4 is 5.96 Å². The molecule has 0 aromatic heterocycles. The van der Waals surface area contributed by atoms with Crippen LogP contribution in [-0.4, -0.2) is 18.5 Å². The molecule has 0 saturated heterocycles. The monoisotopic (exact) mass is 249 g/mol. The van der Waals surface area contributed by atoms with E-state index in [1.807, 2.05) is 6.07 Å². The lowest BCUT2D eigenvalue weighted by Crippen LogP contribution is -2.38. The lowest BCUT2D eigenvalue weighted by molar-refractivity contribution is 0.608. The van der Waals surface area contributed by atoms with E-state index in [0.29, 0.717) is 30.5 Å². The predicted molar refractivity (Wildman–Crippen MR) is 72.0 cm³/mol. The number of hydrogen-bond donors (Lipinski definition) is 2. The Bertz CT molecular complexity index is 411. The van der Waals surface area contributed by atoms with E-state index in [4.69, 9.17) is 5.73 Å². The zero-order valence-electron chi connectivity index (χ0n) is 10.5. The maximum atomic E-state index is 13.3. The number of benzene rings is 1. The quantitative estimate of drug-likeness (QED) is 0.635. The molecule has 0 radical (unpaired) electrons. The third-order valence-corrected chi connectivity index (χ3v) is 3.33. The first-order valence-electron chi connectivity index (χ1n) is 6.55. The fourth-order valence-electron chi connectivity index (χ4n) is 2.32. The molecule has 0 spiro atoms. The first kappa shape index (κ1) is 12.9. The Labute approximate surface area is 107 Å². The molecule has 4 heteroatoms. The molecule has 1 aromatic rings. The number of rotatable bonds is 4. The van der Waals surface area contributed by atoms with Gasteiger partial charge in [0.25, 0.3) is 0 Å². The molecule has 3 nitrogen and oxygen atoms in total. The van der Waals surface area contributed by atoms with Gasteiger partial charge in [-0.15, -0.1) is 0 Å². The van der Waals surface area contributed by atoms with Crippen molar-refractivity contribution < 1.29 is 4.39 Å². The summed E-state index contributed by atoms with van der Waals surface area (Å²) < 4.78 is 13.3. The van der Waals surface area contributed by atoms with Crippen LogP contribution in [0.2, 0.25) is 0 Å². The average Bonchev–Trinajstić information content (AvgIpc) is 2.84.